The minimum atomic E-state index is 0.664. The highest BCUT2D eigenvalue weighted by atomic mass is 15.4. The standard InChI is InChI=1S/C26H54N/c1-6-10-11-12-13-14-15-16-17-18-19-20-21-22-23-24-25-26(5)27(7-2,8-3)9-4/h24-26H,6-23H2,1-5H3/q+1. The van der Waals surface area contributed by atoms with Crippen molar-refractivity contribution in [2.75, 3.05) is 19.6 Å². The van der Waals surface area contributed by atoms with Crippen LogP contribution in [0.2, 0.25) is 0 Å². The van der Waals surface area contributed by atoms with Gasteiger partial charge >= 0.3 is 0 Å². The predicted molar refractivity (Wildman–Crippen MR) is 125 cm³/mol. The average molecular weight is 381 g/mol. The minimum Gasteiger partial charge on any atom is -0.319 e. The molecule has 1 atom stereocenters. The topological polar surface area (TPSA) is 0 Å². The summed E-state index contributed by atoms with van der Waals surface area (Å²) in [6.45, 7) is 15.5. The molecule has 0 aliphatic carbocycles. The molecule has 0 saturated carbocycles. The summed E-state index contributed by atoms with van der Waals surface area (Å²) in [5, 5.41) is 0. The number of nitrogens with zero attached hydrogens (tertiary/aromatic N) is 1. The van der Waals surface area contributed by atoms with E-state index in [0.717, 1.165) is 0 Å². The van der Waals surface area contributed by atoms with E-state index >= 15 is 0 Å². The maximum Gasteiger partial charge on any atom is 0.105 e. The lowest BCUT2D eigenvalue weighted by atomic mass is 10.0. The molecule has 0 fully saturated rings. The molecule has 0 saturated heterocycles. The molecule has 27 heavy (non-hydrogen) atoms. The van der Waals surface area contributed by atoms with Crippen LogP contribution in [0.3, 0.4) is 0 Å². The molecule has 162 valence electrons. The monoisotopic (exact) mass is 380 g/mol. The van der Waals surface area contributed by atoms with Gasteiger partial charge in [-0.25, -0.2) is 0 Å². The van der Waals surface area contributed by atoms with Crippen molar-refractivity contribution in [2.45, 2.75) is 137 Å². The van der Waals surface area contributed by atoms with Crippen LogP contribution < -0.4 is 0 Å². The van der Waals surface area contributed by atoms with Gasteiger partial charge in [0.2, 0.25) is 0 Å². The summed E-state index contributed by atoms with van der Waals surface area (Å²) in [6, 6.07) is 0.664. The van der Waals surface area contributed by atoms with Crippen LogP contribution in [0.15, 0.2) is 12.2 Å². The summed E-state index contributed by atoms with van der Waals surface area (Å²) < 4.78 is 1.23. The second-order valence-electron chi connectivity index (χ2n) is 8.72. The highest BCUT2D eigenvalue weighted by molar-refractivity contribution is 4.87. The molecule has 0 bridgehead atoms. The van der Waals surface area contributed by atoms with Crippen LogP contribution in [0.1, 0.15) is 131 Å². The zero-order valence-electron chi connectivity index (χ0n) is 19.9. The Hall–Kier alpha value is -0.300. The number of rotatable bonds is 20. The van der Waals surface area contributed by atoms with Crippen LogP contribution in [0.4, 0.5) is 0 Å². The van der Waals surface area contributed by atoms with Gasteiger partial charge in [-0.15, -0.1) is 0 Å². The van der Waals surface area contributed by atoms with Crippen LogP contribution in [-0.2, 0) is 0 Å². The summed E-state index contributed by atoms with van der Waals surface area (Å²) in [5.74, 6) is 0. The highest BCUT2D eigenvalue weighted by Gasteiger charge is 2.26. The molecular formula is C26H54N+. The smallest absolute Gasteiger partial charge is 0.105 e. The molecule has 1 nitrogen and oxygen atoms in total. The van der Waals surface area contributed by atoms with Crippen molar-refractivity contribution < 1.29 is 4.48 Å². The van der Waals surface area contributed by atoms with E-state index in [0.29, 0.717) is 6.04 Å². The highest BCUT2D eigenvalue weighted by Crippen LogP contribution is 2.16. The number of hydrogen-bond donors (Lipinski definition) is 0. The Morgan fingerprint density at radius 1 is 0.556 bits per heavy atom. The third-order valence-corrected chi connectivity index (χ3v) is 6.89. The fourth-order valence-corrected chi connectivity index (χ4v) is 4.47. The number of unbranched alkanes of at least 4 members (excludes halogenated alkanes) is 14. The maximum atomic E-state index is 2.48. The minimum absolute atomic E-state index is 0.664. The molecule has 0 spiro atoms. The molecule has 1 unspecified atom stereocenters. The zero-order chi connectivity index (χ0) is 20.2. The van der Waals surface area contributed by atoms with Gasteiger partial charge in [-0.1, -0.05) is 96.5 Å². The van der Waals surface area contributed by atoms with Crippen molar-refractivity contribution in [1.29, 1.82) is 0 Å². The molecule has 0 aromatic carbocycles. The average Bonchev–Trinajstić information content (AvgIpc) is 2.69. The fourth-order valence-electron chi connectivity index (χ4n) is 4.47. The Kier molecular flexibility index (Phi) is 18.8. The fraction of sp³-hybridized carbons (Fsp3) is 0.923. The van der Waals surface area contributed by atoms with Gasteiger partial charge in [0.25, 0.3) is 0 Å². The number of quaternary nitrogens is 1. The third kappa shape index (κ3) is 13.5. The largest absolute Gasteiger partial charge is 0.319 e. The van der Waals surface area contributed by atoms with Gasteiger partial charge in [0.15, 0.2) is 0 Å². The van der Waals surface area contributed by atoms with Crippen molar-refractivity contribution in [3.05, 3.63) is 12.2 Å². The van der Waals surface area contributed by atoms with E-state index in [1.807, 2.05) is 0 Å². The van der Waals surface area contributed by atoms with E-state index < -0.39 is 0 Å². The van der Waals surface area contributed by atoms with Gasteiger partial charge in [-0.05, 0) is 46.6 Å². The molecule has 0 radical (unpaired) electrons. The summed E-state index contributed by atoms with van der Waals surface area (Å²) >= 11 is 0. The number of hydrogen-bond acceptors (Lipinski definition) is 0. The summed E-state index contributed by atoms with van der Waals surface area (Å²) in [6.07, 6.45) is 26.5. The van der Waals surface area contributed by atoms with Gasteiger partial charge in [-0.2, -0.15) is 0 Å². The first-order chi connectivity index (χ1) is 13.2. The molecule has 0 aromatic rings. The van der Waals surface area contributed by atoms with Crippen molar-refractivity contribution in [1.82, 2.24) is 0 Å². The van der Waals surface area contributed by atoms with Gasteiger partial charge in [0.05, 0.1) is 19.6 Å². The van der Waals surface area contributed by atoms with Crippen LogP contribution in [0.25, 0.3) is 0 Å². The predicted octanol–water partition coefficient (Wildman–Crippen LogP) is 8.68. The van der Waals surface area contributed by atoms with Gasteiger partial charge < -0.3 is 4.48 Å². The molecular weight excluding hydrogens is 326 g/mol. The second-order valence-corrected chi connectivity index (χ2v) is 8.72. The summed E-state index contributed by atoms with van der Waals surface area (Å²) in [7, 11) is 0. The molecule has 0 amide bonds. The zero-order valence-corrected chi connectivity index (χ0v) is 19.9. The van der Waals surface area contributed by atoms with Crippen LogP contribution in [0, 0.1) is 0 Å². The van der Waals surface area contributed by atoms with Crippen LogP contribution in [0.5, 0.6) is 0 Å². The van der Waals surface area contributed by atoms with Crippen molar-refractivity contribution in [3.8, 4) is 0 Å². The third-order valence-electron chi connectivity index (χ3n) is 6.89. The molecule has 0 N–H and O–H groups in total. The van der Waals surface area contributed by atoms with Gasteiger partial charge in [0, 0.05) is 0 Å². The van der Waals surface area contributed by atoms with E-state index in [1.54, 1.807) is 0 Å². The molecule has 1 heteroatoms. The van der Waals surface area contributed by atoms with E-state index in [9.17, 15) is 0 Å². The van der Waals surface area contributed by atoms with E-state index in [-0.39, 0.29) is 0 Å². The Labute approximate surface area is 173 Å². The first kappa shape index (κ1) is 26.7. The molecule has 0 heterocycles. The van der Waals surface area contributed by atoms with Crippen molar-refractivity contribution in [2.24, 2.45) is 0 Å². The van der Waals surface area contributed by atoms with Crippen LogP contribution >= 0.6 is 0 Å². The van der Waals surface area contributed by atoms with Crippen LogP contribution in [-0.4, -0.2) is 30.2 Å². The van der Waals surface area contributed by atoms with Crippen molar-refractivity contribution >= 4 is 0 Å². The number of allylic oxidation sites excluding steroid dienone is 1. The Bertz CT molecular complexity index is 308. The lowest BCUT2D eigenvalue weighted by Gasteiger charge is -2.40. The second kappa shape index (κ2) is 19.0. The Morgan fingerprint density at radius 2 is 0.926 bits per heavy atom. The Balaban J connectivity index is 3.45. The summed E-state index contributed by atoms with van der Waals surface area (Å²) in [5.41, 5.74) is 0. The first-order valence-electron chi connectivity index (χ1n) is 12.7. The first-order valence-corrected chi connectivity index (χ1v) is 12.7. The van der Waals surface area contributed by atoms with E-state index in [1.165, 1.54) is 120 Å². The quantitative estimate of drug-likeness (QED) is 0.112. The number of likely N-dealkylation sites (N-methyl/N-ethyl adjacent to an activating group) is 1. The molecule has 0 aliphatic heterocycles. The Morgan fingerprint density at radius 3 is 1.30 bits per heavy atom. The van der Waals surface area contributed by atoms with E-state index in [4.69, 9.17) is 0 Å². The normalized spacial score (nSPS) is 13.5. The van der Waals surface area contributed by atoms with E-state index in [2.05, 4.69) is 46.8 Å². The molecule has 0 aliphatic rings. The van der Waals surface area contributed by atoms with Gasteiger partial charge in [-0.3, -0.25) is 0 Å². The van der Waals surface area contributed by atoms with Crippen molar-refractivity contribution in [3.63, 3.8) is 0 Å². The SMILES string of the molecule is CCCCCCCCCCCCCCCCC=CC(C)[N+](CC)(CC)CC. The molecule has 0 aromatic heterocycles. The maximum absolute atomic E-state index is 2.48. The van der Waals surface area contributed by atoms with Gasteiger partial charge in [0.1, 0.15) is 6.04 Å². The lowest BCUT2D eigenvalue weighted by Crippen LogP contribution is -2.53. The summed E-state index contributed by atoms with van der Waals surface area (Å²) in [4.78, 5) is 0. The molecule has 0 rings (SSSR count). The lowest BCUT2D eigenvalue weighted by molar-refractivity contribution is -0.938.